The Kier molecular flexibility index (Phi) is 4.03. The predicted octanol–water partition coefficient (Wildman–Crippen LogP) is 4.60. The van der Waals surface area contributed by atoms with E-state index in [9.17, 15) is 9.59 Å². The van der Waals surface area contributed by atoms with Crippen LogP contribution < -0.4 is 5.32 Å². The molecule has 1 atom stereocenters. The molecule has 4 rings (SSSR count). The molecule has 1 amide bonds. The van der Waals surface area contributed by atoms with Gasteiger partial charge in [0.25, 0.3) is 0 Å². The Labute approximate surface area is 154 Å². The summed E-state index contributed by atoms with van der Waals surface area (Å²) in [5.74, 6) is 0.0481. The molecule has 0 spiro atoms. The fourth-order valence-corrected chi connectivity index (χ4v) is 4.18. The number of hydrogen-bond acceptors (Lipinski definition) is 2. The molecule has 2 aromatic carbocycles. The van der Waals surface area contributed by atoms with E-state index in [0.717, 1.165) is 34.4 Å². The lowest BCUT2D eigenvalue weighted by Crippen LogP contribution is -2.40. The lowest BCUT2D eigenvalue weighted by Gasteiger charge is -2.37. The van der Waals surface area contributed by atoms with Gasteiger partial charge in [0.2, 0.25) is 5.91 Å². The van der Waals surface area contributed by atoms with E-state index < -0.39 is 0 Å². The zero-order valence-corrected chi connectivity index (χ0v) is 15.2. The number of nitrogens with one attached hydrogen (secondary N) is 1. The molecule has 2 aromatic rings. The van der Waals surface area contributed by atoms with E-state index >= 15 is 0 Å². The van der Waals surface area contributed by atoms with Crippen molar-refractivity contribution in [3.8, 4) is 11.1 Å². The Balaban J connectivity index is 1.70. The molecule has 2 aliphatic rings. The molecule has 132 valence electrons. The summed E-state index contributed by atoms with van der Waals surface area (Å²) in [5.41, 5.74) is 4.90. The number of allylic oxidation sites excluding steroid dienone is 2. The van der Waals surface area contributed by atoms with Gasteiger partial charge in [0, 0.05) is 30.0 Å². The topological polar surface area (TPSA) is 46.2 Å². The van der Waals surface area contributed by atoms with Gasteiger partial charge in [-0.25, -0.2) is 0 Å². The largest absolute Gasteiger partial charge is 0.329 e. The van der Waals surface area contributed by atoms with E-state index in [4.69, 9.17) is 0 Å². The van der Waals surface area contributed by atoms with Gasteiger partial charge >= 0.3 is 0 Å². The number of ketones is 1. The summed E-state index contributed by atoms with van der Waals surface area (Å²) in [6, 6.07) is 18.5. The van der Waals surface area contributed by atoms with E-state index in [1.165, 1.54) is 0 Å². The van der Waals surface area contributed by atoms with Gasteiger partial charge in [0.1, 0.15) is 0 Å². The highest BCUT2D eigenvalue weighted by Crippen LogP contribution is 2.44. The fraction of sp³-hybridized carbons (Fsp3) is 0.304. The van der Waals surface area contributed by atoms with Crippen LogP contribution in [-0.2, 0) is 9.59 Å². The average Bonchev–Trinajstić information content (AvgIpc) is 2.60. The first-order chi connectivity index (χ1) is 12.4. The van der Waals surface area contributed by atoms with Crippen molar-refractivity contribution in [2.45, 2.75) is 39.0 Å². The van der Waals surface area contributed by atoms with Crippen molar-refractivity contribution in [1.82, 2.24) is 5.32 Å². The number of Topliss-reactive ketones (excluding diaryl/α,β-unsaturated/α-hetero) is 1. The highest BCUT2D eigenvalue weighted by atomic mass is 16.2. The third kappa shape index (κ3) is 3.10. The lowest BCUT2D eigenvalue weighted by molar-refractivity contribution is -0.122. The van der Waals surface area contributed by atoms with Crippen LogP contribution in [0.4, 0.5) is 0 Å². The van der Waals surface area contributed by atoms with Gasteiger partial charge < -0.3 is 5.32 Å². The molecule has 0 bridgehead atoms. The molecule has 3 heteroatoms. The van der Waals surface area contributed by atoms with Gasteiger partial charge in [-0.15, -0.1) is 0 Å². The van der Waals surface area contributed by atoms with Gasteiger partial charge in [0.05, 0.1) is 0 Å². The number of amides is 1. The molecular weight excluding hydrogens is 322 g/mol. The average molecular weight is 345 g/mol. The number of rotatable bonds is 2. The predicted molar refractivity (Wildman–Crippen MR) is 102 cm³/mol. The first-order valence-corrected chi connectivity index (χ1v) is 9.14. The van der Waals surface area contributed by atoms with Crippen molar-refractivity contribution < 1.29 is 9.59 Å². The van der Waals surface area contributed by atoms with Crippen LogP contribution in [0.15, 0.2) is 65.9 Å². The molecule has 0 aromatic heterocycles. The summed E-state index contributed by atoms with van der Waals surface area (Å²) in [7, 11) is 0. The summed E-state index contributed by atoms with van der Waals surface area (Å²) >= 11 is 0. The van der Waals surface area contributed by atoms with Crippen LogP contribution in [-0.4, -0.2) is 11.7 Å². The quantitative estimate of drug-likeness (QED) is 0.864. The highest BCUT2D eigenvalue weighted by molar-refractivity contribution is 6.02. The first kappa shape index (κ1) is 16.8. The van der Waals surface area contributed by atoms with Gasteiger partial charge in [-0.2, -0.15) is 0 Å². The summed E-state index contributed by atoms with van der Waals surface area (Å²) in [6.07, 6.45) is 1.63. The first-order valence-electron chi connectivity index (χ1n) is 9.14. The number of carbonyl (C=O) groups is 2. The van der Waals surface area contributed by atoms with E-state index in [1.54, 1.807) is 0 Å². The molecule has 0 radical (unpaired) electrons. The van der Waals surface area contributed by atoms with Crippen molar-refractivity contribution in [3.05, 3.63) is 71.4 Å². The summed E-state index contributed by atoms with van der Waals surface area (Å²) in [5, 5.41) is 2.96. The van der Waals surface area contributed by atoms with E-state index in [0.29, 0.717) is 12.8 Å². The van der Waals surface area contributed by atoms with E-state index in [-0.39, 0.29) is 23.0 Å². The molecule has 0 saturated heterocycles. The van der Waals surface area contributed by atoms with E-state index in [2.05, 4.69) is 55.6 Å². The minimum atomic E-state index is -0.132. The number of benzene rings is 2. The van der Waals surface area contributed by atoms with Crippen molar-refractivity contribution in [1.29, 1.82) is 0 Å². The lowest BCUT2D eigenvalue weighted by atomic mass is 9.70. The molecule has 1 heterocycles. The van der Waals surface area contributed by atoms with Crippen molar-refractivity contribution >= 4 is 11.7 Å². The second-order valence-corrected chi connectivity index (χ2v) is 8.13. The van der Waals surface area contributed by atoms with Crippen molar-refractivity contribution in [2.24, 2.45) is 5.41 Å². The van der Waals surface area contributed by atoms with Crippen molar-refractivity contribution in [3.63, 3.8) is 0 Å². The smallest absolute Gasteiger partial charge is 0.225 e. The van der Waals surface area contributed by atoms with Crippen LogP contribution in [0, 0.1) is 5.41 Å². The monoisotopic (exact) mass is 345 g/mol. The van der Waals surface area contributed by atoms with Crippen LogP contribution in [0.5, 0.6) is 0 Å². The normalized spacial score (nSPS) is 22.0. The van der Waals surface area contributed by atoms with Crippen LogP contribution in [0.3, 0.4) is 0 Å². The number of carbonyl (C=O) groups excluding carboxylic acids is 2. The standard InChI is InChI=1S/C23H23NO2/c1-23(2)13-19-22(20(25)14-23)18(12-21(26)24-19)17-10-8-16(9-11-17)15-6-4-3-5-7-15/h3-11,18H,12-14H2,1-2H3,(H,24,26). The molecule has 26 heavy (non-hydrogen) atoms. The van der Waals surface area contributed by atoms with Crippen LogP contribution in [0.2, 0.25) is 0 Å². The van der Waals surface area contributed by atoms with Crippen LogP contribution in [0.25, 0.3) is 11.1 Å². The SMILES string of the molecule is CC1(C)CC(=O)C2=C(C1)NC(=O)CC2c1ccc(-c2ccccc2)cc1. The molecule has 1 aliphatic heterocycles. The van der Waals surface area contributed by atoms with Crippen LogP contribution >= 0.6 is 0 Å². The second kappa shape index (κ2) is 6.24. The maximum atomic E-state index is 12.8. The molecule has 1 aliphatic carbocycles. The van der Waals surface area contributed by atoms with Gasteiger partial charge in [0.15, 0.2) is 5.78 Å². The molecule has 0 saturated carbocycles. The summed E-state index contributed by atoms with van der Waals surface area (Å²) < 4.78 is 0. The van der Waals surface area contributed by atoms with E-state index in [1.807, 2.05) is 18.2 Å². The second-order valence-electron chi connectivity index (χ2n) is 8.13. The molecule has 1 N–H and O–H groups in total. The Hall–Kier alpha value is -2.68. The van der Waals surface area contributed by atoms with Crippen molar-refractivity contribution in [2.75, 3.05) is 0 Å². The Morgan fingerprint density at radius 1 is 0.885 bits per heavy atom. The minimum Gasteiger partial charge on any atom is -0.329 e. The Morgan fingerprint density at radius 3 is 2.23 bits per heavy atom. The molecular formula is C23H23NO2. The van der Waals surface area contributed by atoms with Gasteiger partial charge in [-0.3, -0.25) is 9.59 Å². The van der Waals surface area contributed by atoms with Gasteiger partial charge in [-0.1, -0.05) is 68.4 Å². The molecule has 1 unspecified atom stereocenters. The summed E-state index contributed by atoms with van der Waals surface area (Å²) in [4.78, 5) is 25.1. The Bertz CT molecular complexity index is 892. The van der Waals surface area contributed by atoms with Gasteiger partial charge in [-0.05, 0) is 28.5 Å². The number of hydrogen-bond donors (Lipinski definition) is 1. The molecule has 3 nitrogen and oxygen atoms in total. The third-order valence-corrected chi connectivity index (χ3v) is 5.37. The third-order valence-electron chi connectivity index (χ3n) is 5.37. The minimum absolute atomic E-state index is 0.00591. The highest BCUT2D eigenvalue weighted by Gasteiger charge is 2.40. The van der Waals surface area contributed by atoms with Crippen LogP contribution in [0.1, 0.15) is 44.6 Å². The maximum Gasteiger partial charge on any atom is 0.225 e. The maximum absolute atomic E-state index is 12.8. The fourth-order valence-electron chi connectivity index (χ4n) is 4.18. The zero-order chi connectivity index (χ0) is 18.3. The molecule has 0 fully saturated rings. The summed E-state index contributed by atoms with van der Waals surface area (Å²) in [6.45, 7) is 4.16. The Morgan fingerprint density at radius 2 is 1.54 bits per heavy atom. The zero-order valence-electron chi connectivity index (χ0n) is 15.2.